The van der Waals surface area contributed by atoms with Gasteiger partial charge in [-0.3, -0.25) is 10.3 Å². The number of carbonyl (C=O) groups is 1. The average Bonchev–Trinajstić information content (AvgIpc) is 3.74. The molecule has 2 amide bonds. The van der Waals surface area contributed by atoms with Crippen LogP contribution >= 0.6 is 0 Å². The molecule has 1 aliphatic carbocycles. The Kier molecular flexibility index (Phi) is 5.90. The Morgan fingerprint density at radius 3 is 2.58 bits per heavy atom. The largest absolute Gasteiger partial charge is 0.353 e. The maximum atomic E-state index is 12.6. The molecular weight excluding hydrogens is 452 g/mol. The number of amides is 2. The molecule has 1 aromatic carbocycles. The van der Waals surface area contributed by atoms with Gasteiger partial charge in [-0.1, -0.05) is 18.2 Å². The summed E-state index contributed by atoms with van der Waals surface area (Å²) in [5.41, 5.74) is 4.37. The van der Waals surface area contributed by atoms with Crippen LogP contribution in [-0.2, 0) is 0 Å². The first-order valence-electron chi connectivity index (χ1n) is 12.4. The van der Waals surface area contributed by atoms with Crippen LogP contribution in [0.5, 0.6) is 0 Å². The van der Waals surface area contributed by atoms with E-state index in [1.165, 1.54) is 18.4 Å². The monoisotopic (exact) mass is 480 g/mol. The predicted molar refractivity (Wildman–Crippen MR) is 141 cm³/mol. The van der Waals surface area contributed by atoms with Gasteiger partial charge < -0.3 is 15.5 Å². The van der Waals surface area contributed by atoms with Gasteiger partial charge in [0.2, 0.25) is 0 Å². The molecule has 36 heavy (non-hydrogen) atoms. The van der Waals surface area contributed by atoms with Gasteiger partial charge in [-0.25, -0.2) is 19.7 Å². The smallest absolute Gasteiger partial charge is 0.324 e. The predicted octanol–water partition coefficient (Wildman–Crippen LogP) is 4.33. The average molecular weight is 481 g/mol. The highest BCUT2D eigenvalue weighted by Crippen LogP contribution is 2.44. The Morgan fingerprint density at radius 1 is 1.00 bits per heavy atom. The zero-order valence-corrected chi connectivity index (χ0v) is 20.2. The molecule has 6 rings (SSSR count). The lowest BCUT2D eigenvalue weighted by molar-refractivity contribution is 0.262. The van der Waals surface area contributed by atoms with Crippen LogP contribution in [0, 0.1) is 6.92 Å². The third-order valence-corrected chi connectivity index (χ3v) is 6.54. The summed E-state index contributed by atoms with van der Waals surface area (Å²) in [5, 5.41) is 10.2. The van der Waals surface area contributed by atoms with Gasteiger partial charge in [0.05, 0.1) is 11.7 Å². The topological polar surface area (TPSA) is 108 Å². The highest BCUT2D eigenvalue weighted by atomic mass is 16.2. The van der Waals surface area contributed by atoms with Gasteiger partial charge in [0, 0.05) is 54.7 Å². The Bertz CT molecular complexity index is 1410. The minimum Gasteiger partial charge on any atom is -0.353 e. The van der Waals surface area contributed by atoms with E-state index >= 15 is 0 Å². The zero-order valence-electron chi connectivity index (χ0n) is 20.2. The molecule has 2 aliphatic rings. The van der Waals surface area contributed by atoms with E-state index in [0.29, 0.717) is 23.2 Å². The summed E-state index contributed by atoms with van der Waals surface area (Å²) in [7, 11) is 0. The summed E-state index contributed by atoms with van der Waals surface area (Å²) < 4.78 is 0. The molecule has 2 fully saturated rings. The third kappa shape index (κ3) is 4.70. The number of aromatic nitrogens is 4. The summed E-state index contributed by atoms with van der Waals surface area (Å²) in [6, 6.07) is 12.7. The lowest BCUT2D eigenvalue weighted by Gasteiger charge is -2.30. The molecule has 3 N–H and O–H groups in total. The number of nitrogens with zero attached hydrogens (tertiary/aromatic N) is 5. The molecule has 4 aromatic rings. The van der Waals surface area contributed by atoms with Crippen LogP contribution in [0.1, 0.15) is 30.0 Å². The second-order valence-corrected chi connectivity index (χ2v) is 9.33. The lowest BCUT2D eigenvalue weighted by atomic mass is 10.1. The van der Waals surface area contributed by atoms with Gasteiger partial charge in [-0.15, -0.1) is 0 Å². The number of fused-ring (bicyclic) bond motifs is 1. The van der Waals surface area contributed by atoms with E-state index in [1.54, 1.807) is 0 Å². The molecule has 9 nitrogen and oxygen atoms in total. The lowest BCUT2D eigenvalue weighted by Crippen LogP contribution is -2.44. The molecule has 1 saturated heterocycles. The molecule has 0 unspecified atom stereocenters. The molecule has 3 aromatic heterocycles. The first-order valence-corrected chi connectivity index (χ1v) is 12.4. The number of carbonyl (C=O) groups excluding carboxylic acids is 1. The summed E-state index contributed by atoms with van der Waals surface area (Å²) in [4.78, 5) is 34.0. The van der Waals surface area contributed by atoms with Crippen LogP contribution in [0.25, 0.3) is 22.3 Å². The summed E-state index contributed by atoms with van der Waals surface area (Å²) in [5.74, 6) is 2.55. The minimum atomic E-state index is -0.357. The fourth-order valence-electron chi connectivity index (χ4n) is 4.69. The van der Waals surface area contributed by atoms with E-state index in [-0.39, 0.29) is 6.03 Å². The highest BCUT2D eigenvalue weighted by molar-refractivity contribution is 5.99. The van der Waals surface area contributed by atoms with Crippen molar-refractivity contribution in [1.82, 2.24) is 25.3 Å². The van der Waals surface area contributed by atoms with Gasteiger partial charge in [-0.05, 0) is 55.5 Å². The van der Waals surface area contributed by atoms with E-state index < -0.39 is 0 Å². The maximum Gasteiger partial charge on any atom is 0.324 e. The molecule has 1 aliphatic heterocycles. The Morgan fingerprint density at radius 2 is 1.81 bits per heavy atom. The van der Waals surface area contributed by atoms with Crippen molar-refractivity contribution in [3.05, 3.63) is 66.1 Å². The highest BCUT2D eigenvalue weighted by Gasteiger charge is 2.29. The number of hydrogen-bond donors (Lipinski definition) is 3. The molecule has 0 atom stereocenters. The number of pyridine rings is 2. The van der Waals surface area contributed by atoms with Gasteiger partial charge >= 0.3 is 6.03 Å². The first kappa shape index (κ1) is 22.4. The first-order chi connectivity index (χ1) is 17.6. The van der Waals surface area contributed by atoms with Crippen LogP contribution in [0.4, 0.5) is 22.1 Å². The van der Waals surface area contributed by atoms with Crippen molar-refractivity contribution < 1.29 is 4.79 Å². The summed E-state index contributed by atoms with van der Waals surface area (Å²) >= 11 is 0. The molecule has 9 heteroatoms. The van der Waals surface area contributed by atoms with E-state index in [1.807, 2.05) is 61.8 Å². The van der Waals surface area contributed by atoms with E-state index in [4.69, 9.17) is 9.97 Å². The number of benzene rings is 1. The molecule has 1 saturated carbocycles. The quantitative estimate of drug-likeness (QED) is 0.390. The zero-order chi connectivity index (χ0) is 24.5. The minimum absolute atomic E-state index is 0.357. The molecule has 0 radical (unpaired) electrons. The molecular formula is C27H28N8O. The Balaban J connectivity index is 1.38. The van der Waals surface area contributed by atoms with Crippen LogP contribution in [0.2, 0.25) is 0 Å². The van der Waals surface area contributed by atoms with Gasteiger partial charge in [0.25, 0.3) is 0 Å². The van der Waals surface area contributed by atoms with E-state index in [0.717, 1.165) is 54.2 Å². The number of aryl methyl sites for hydroxylation is 1. The summed E-state index contributed by atoms with van der Waals surface area (Å²) in [6.07, 6.45) is 6.19. The van der Waals surface area contributed by atoms with Crippen molar-refractivity contribution >= 4 is 34.3 Å². The number of anilines is 3. The van der Waals surface area contributed by atoms with Crippen LogP contribution in [-0.4, -0.2) is 52.1 Å². The van der Waals surface area contributed by atoms with Crippen molar-refractivity contribution in [2.45, 2.75) is 25.7 Å². The van der Waals surface area contributed by atoms with Crippen molar-refractivity contribution in [2.75, 3.05) is 41.7 Å². The van der Waals surface area contributed by atoms with Gasteiger partial charge in [-0.2, -0.15) is 0 Å². The molecule has 4 heterocycles. The van der Waals surface area contributed by atoms with Crippen LogP contribution in [0.15, 0.2) is 54.9 Å². The maximum absolute atomic E-state index is 12.6. The fraction of sp³-hybridized carbons (Fsp3) is 0.296. The number of para-hydroxylation sites is 1. The molecule has 0 spiro atoms. The fourth-order valence-corrected chi connectivity index (χ4v) is 4.69. The SMILES string of the molecule is Cc1cc(-c2nc(N3CCNCC3)c3c(C4CC4)cncc3n2)cc(NC(=O)Nc2ccccc2)n1. The second kappa shape index (κ2) is 9.50. The van der Waals surface area contributed by atoms with Crippen molar-refractivity contribution in [2.24, 2.45) is 0 Å². The van der Waals surface area contributed by atoms with Crippen LogP contribution in [0.3, 0.4) is 0 Å². The number of nitrogens with one attached hydrogen (secondary N) is 3. The van der Waals surface area contributed by atoms with Crippen molar-refractivity contribution in [3.8, 4) is 11.4 Å². The normalized spacial score (nSPS) is 15.6. The van der Waals surface area contributed by atoms with Crippen LogP contribution < -0.4 is 20.9 Å². The van der Waals surface area contributed by atoms with E-state index in [9.17, 15) is 4.79 Å². The number of rotatable bonds is 5. The summed E-state index contributed by atoms with van der Waals surface area (Å²) in [6.45, 7) is 5.52. The van der Waals surface area contributed by atoms with Gasteiger partial charge in [0.15, 0.2) is 5.82 Å². The standard InChI is InChI=1S/C27H28N8O/c1-17-13-19(14-23(30-17)33-27(36)31-20-5-3-2-4-6-20)25-32-22-16-29-15-21(18-7-8-18)24(22)26(34-25)35-11-9-28-10-12-35/h2-6,13-16,18,28H,7-12H2,1H3,(H2,30,31,33,36). The van der Waals surface area contributed by atoms with Crippen molar-refractivity contribution in [1.29, 1.82) is 0 Å². The third-order valence-electron chi connectivity index (χ3n) is 6.54. The van der Waals surface area contributed by atoms with E-state index in [2.05, 4.69) is 30.8 Å². The molecule has 182 valence electrons. The number of piperazine rings is 1. The second-order valence-electron chi connectivity index (χ2n) is 9.33. The number of urea groups is 1. The Hall–Kier alpha value is -4.11. The van der Waals surface area contributed by atoms with Gasteiger partial charge in [0.1, 0.15) is 11.6 Å². The van der Waals surface area contributed by atoms with Crippen molar-refractivity contribution in [3.63, 3.8) is 0 Å². The molecule has 0 bridgehead atoms. The number of hydrogen-bond acceptors (Lipinski definition) is 7. The Labute approximate surface area is 209 Å².